The Kier molecular flexibility index (Phi) is 5.81. The van der Waals surface area contributed by atoms with Crippen molar-refractivity contribution >= 4 is 11.8 Å². The molecule has 1 heterocycles. The maximum absolute atomic E-state index is 3.70. The van der Waals surface area contributed by atoms with Gasteiger partial charge in [-0.05, 0) is 37.7 Å². The van der Waals surface area contributed by atoms with Gasteiger partial charge in [0.2, 0.25) is 0 Å². The van der Waals surface area contributed by atoms with Gasteiger partial charge in [0, 0.05) is 31.2 Å². The van der Waals surface area contributed by atoms with E-state index < -0.39 is 0 Å². The van der Waals surface area contributed by atoms with Crippen molar-refractivity contribution in [1.82, 2.24) is 10.2 Å². The summed E-state index contributed by atoms with van der Waals surface area (Å²) in [5, 5.41) is 3.70. The van der Waals surface area contributed by atoms with Crippen molar-refractivity contribution in [3.8, 4) is 0 Å². The lowest BCUT2D eigenvalue weighted by Crippen LogP contribution is -2.61. The van der Waals surface area contributed by atoms with E-state index in [0.29, 0.717) is 23.5 Å². The molecule has 0 radical (unpaired) electrons. The van der Waals surface area contributed by atoms with Crippen LogP contribution in [0.5, 0.6) is 0 Å². The molecule has 0 aromatic heterocycles. The van der Waals surface area contributed by atoms with Crippen LogP contribution in [0.25, 0.3) is 0 Å². The van der Waals surface area contributed by atoms with Crippen LogP contribution < -0.4 is 5.32 Å². The molecular formula is C14H30N2S. The summed E-state index contributed by atoms with van der Waals surface area (Å²) in [7, 11) is 0. The largest absolute Gasteiger partial charge is 0.311 e. The minimum atomic E-state index is 0.359. The Hall–Kier alpha value is 0.270. The zero-order chi connectivity index (χ0) is 13.1. The van der Waals surface area contributed by atoms with Crippen LogP contribution in [0.15, 0.2) is 0 Å². The molecular weight excluding hydrogens is 228 g/mol. The van der Waals surface area contributed by atoms with Gasteiger partial charge in [-0.3, -0.25) is 4.90 Å². The first-order valence-corrected chi connectivity index (χ1v) is 8.23. The molecule has 0 bridgehead atoms. The van der Waals surface area contributed by atoms with E-state index in [1.165, 1.54) is 18.7 Å². The van der Waals surface area contributed by atoms with Crippen LogP contribution in [-0.4, -0.2) is 48.1 Å². The Bertz CT molecular complexity index is 225. The van der Waals surface area contributed by atoms with Gasteiger partial charge in [-0.2, -0.15) is 11.8 Å². The highest BCUT2D eigenvalue weighted by molar-refractivity contribution is 7.98. The highest BCUT2D eigenvalue weighted by Crippen LogP contribution is 2.25. The molecule has 1 rings (SSSR count). The molecule has 2 nitrogen and oxygen atoms in total. The number of hydrogen-bond acceptors (Lipinski definition) is 3. The van der Waals surface area contributed by atoms with E-state index in [1.807, 2.05) is 11.8 Å². The van der Waals surface area contributed by atoms with E-state index in [1.54, 1.807) is 0 Å². The summed E-state index contributed by atoms with van der Waals surface area (Å²) in [5.74, 6) is 1.28. The van der Waals surface area contributed by atoms with Crippen molar-refractivity contribution < 1.29 is 0 Å². The molecule has 0 amide bonds. The van der Waals surface area contributed by atoms with E-state index in [9.17, 15) is 0 Å². The maximum Gasteiger partial charge on any atom is 0.0244 e. The third-order valence-corrected chi connectivity index (χ3v) is 4.61. The van der Waals surface area contributed by atoms with E-state index in [4.69, 9.17) is 0 Å². The van der Waals surface area contributed by atoms with Gasteiger partial charge in [-0.1, -0.05) is 20.8 Å². The summed E-state index contributed by atoms with van der Waals surface area (Å²) in [5.41, 5.74) is 0.359. The molecule has 0 aromatic rings. The fraction of sp³-hybridized carbons (Fsp3) is 1.00. The summed E-state index contributed by atoms with van der Waals surface area (Å²) >= 11 is 1.96. The lowest BCUT2D eigenvalue weighted by molar-refractivity contribution is 0.0622. The van der Waals surface area contributed by atoms with Crippen LogP contribution in [-0.2, 0) is 0 Å². The zero-order valence-corrected chi connectivity index (χ0v) is 13.2. The molecule has 3 unspecified atom stereocenters. The molecule has 1 saturated heterocycles. The Balaban J connectivity index is 2.57. The van der Waals surface area contributed by atoms with Crippen LogP contribution in [0.3, 0.4) is 0 Å². The van der Waals surface area contributed by atoms with Gasteiger partial charge in [0.15, 0.2) is 0 Å². The number of hydrogen-bond donors (Lipinski definition) is 1. The molecule has 0 aromatic carbocycles. The third-order valence-electron chi connectivity index (χ3n) is 3.97. The highest BCUT2D eigenvalue weighted by Gasteiger charge is 2.33. The monoisotopic (exact) mass is 258 g/mol. The van der Waals surface area contributed by atoms with Crippen molar-refractivity contribution in [1.29, 1.82) is 0 Å². The molecule has 1 fully saturated rings. The van der Waals surface area contributed by atoms with Gasteiger partial charge in [-0.25, -0.2) is 0 Å². The van der Waals surface area contributed by atoms with Crippen LogP contribution in [0, 0.1) is 5.41 Å². The molecule has 1 N–H and O–H groups in total. The normalized spacial score (nSPS) is 29.3. The van der Waals surface area contributed by atoms with Crippen LogP contribution in [0.4, 0.5) is 0 Å². The molecule has 0 spiro atoms. The number of nitrogens with zero attached hydrogens (tertiary/aromatic N) is 1. The SMILES string of the molecule is CSCCC(C)N1CC(C(C)(C)C)NCC1C. The van der Waals surface area contributed by atoms with Gasteiger partial charge in [0.25, 0.3) is 0 Å². The van der Waals surface area contributed by atoms with Crippen molar-refractivity contribution in [3.63, 3.8) is 0 Å². The quantitative estimate of drug-likeness (QED) is 0.835. The van der Waals surface area contributed by atoms with Crippen molar-refractivity contribution in [2.24, 2.45) is 5.41 Å². The second kappa shape index (κ2) is 6.44. The van der Waals surface area contributed by atoms with Gasteiger partial charge in [0.1, 0.15) is 0 Å². The number of rotatable bonds is 4. The smallest absolute Gasteiger partial charge is 0.0244 e. The Morgan fingerprint density at radius 3 is 2.59 bits per heavy atom. The average molecular weight is 258 g/mol. The summed E-state index contributed by atoms with van der Waals surface area (Å²) in [6.45, 7) is 14.1. The highest BCUT2D eigenvalue weighted by atomic mass is 32.2. The van der Waals surface area contributed by atoms with Crippen LogP contribution in [0.1, 0.15) is 41.0 Å². The van der Waals surface area contributed by atoms with Crippen LogP contribution in [0.2, 0.25) is 0 Å². The van der Waals surface area contributed by atoms with E-state index in [0.717, 1.165) is 6.54 Å². The lowest BCUT2D eigenvalue weighted by Gasteiger charge is -2.46. The molecule has 0 saturated carbocycles. The van der Waals surface area contributed by atoms with Crippen molar-refractivity contribution in [2.45, 2.75) is 59.2 Å². The third kappa shape index (κ3) is 4.46. The fourth-order valence-electron chi connectivity index (χ4n) is 2.53. The minimum Gasteiger partial charge on any atom is -0.311 e. The molecule has 17 heavy (non-hydrogen) atoms. The predicted octanol–water partition coefficient (Wildman–Crippen LogP) is 2.84. The van der Waals surface area contributed by atoms with E-state index >= 15 is 0 Å². The number of thioether (sulfide) groups is 1. The summed E-state index contributed by atoms with van der Waals surface area (Å²) in [4.78, 5) is 2.70. The molecule has 0 aliphatic carbocycles. The fourth-order valence-corrected chi connectivity index (χ4v) is 3.11. The molecule has 102 valence electrons. The summed E-state index contributed by atoms with van der Waals surface area (Å²) in [6.07, 6.45) is 3.51. The molecule has 1 aliphatic rings. The Morgan fingerprint density at radius 2 is 2.06 bits per heavy atom. The average Bonchev–Trinajstić information content (AvgIpc) is 2.24. The standard InChI is InChI=1S/C14H30N2S/c1-11(7-8-17-6)16-10-13(14(3,4)5)15-9-12(16)2/h11-13,15H,7-10H2,1-6H3. The van der Waals surface area contributed by atoms with E-state index in [2.05, 4.69) is 51.1 Å². The second-order valence-corrected chi connectivity index (χ2v) is 7.49. The van der Waals surface area contributed by atoms with Crippen LogP contribution >= 0.6 is 11.8 Å². The molecule has 3 atom stereocenters. The van der Waals surface area contributed by atoms with Crippen molar-refractivity contribution in [3.05, 3.63) is 0 Å². The van der Waals surface area contributed by atoms with Gasteiger partial charge in [-0.15, -0.1) is 0 Å². The summed E-state index contributed by atoms with van der Waals surface area (Å²) in [6, 6.07) is 2.00. The molecule has 3 heteroatoms. The lowest BCUT2D eigenvalue weighted by atomic mass is 9.84. The topological polar surface area (TPSA) is 15.3 Å². The minimum absolute atomic E-state index is 0.359. The first-order chi connectivity index (χ1) is 7.86. The maximum atomic E-state index is 3.70. The number of nitrogens with one attached hydrogen (secondary N) is 1. The first kappa shape index (κ1) is 15.3. The van der Waals surface area contributed by atoms with Gasteiger partial charge in [0.05, 0.1) is 0 Å². The summed E-state index contributed by atoms with van der Waals surface area (Å²) < 4.78 is 0. The predicted molar refractivity (Wildman–Crippen MR) is 79.9 cm³/mol. The van der Waals surface area contributed by atoms with E-state index in [-0.39, 0.29) is 0 Å². The Labute approximate surface area is 112 Å². The molecule has 1 aliphatic heterocycles. The Morgan fingerprint density at radius 1 is 1.41 bits per heavy atom. The second-order valence-electron chi connectivity index (χ2n) is 6.50. The first-order valence-electron chi connectivity index (χ1n) is 6.84. The van der Waals surface area contributed by atoms with Crippen molar-refractivity contribution in [2.75, 3.05) is 25.1 Å². The zero-order valence-electron chi connectivity index (χ0n) is 12.4. The van der Waals surface area contributed by atoms with Gasteiger partial charge >= 0.3 is 0 Å². The van der Waals surface area contributed by atoms with Gasteiger partial charge < -0.3 is 5.32 Å². The number of piperazine rings is 1.